The first-order chi connectivity index (χ1) is 12.6. The predicted octanol–water partition coefficient (Wildman–Crippen LogP) is 3.37. The fraction of sp³-hybridized carbons (Fsp3) is 0.100. The average molecular weight is 361 g/mol. The number of anilines is 1. The number of hydrogen-bond acceptors (Lipinski definition) is 4. The molecule has 0 N–H and O–H groups in total. The Morgan fingerprint density at radius 3 is 2.54 bits per heavy atom. The zero-order valence-electron chi connectivity index (χ0n) is 13.8. The quantitative estimate of drug-likeness (QED) is 0.717. The fourth-order valence-electron chi connectivity index (χ4n) is 3.25. The van der Waals surface area contributed by atoms with Crippen LogP contribution in [0.5, 0.6) is 0 Å². The molecule has 1 aliphatic heterocycles. The molecule has 0 amide bonds. The van der Waals surface area contributed by atoms with Gasteiger partial charge in [-0.3, -0.25) is 9.29 Å². The van der Waals surface area contributed by atoms with Crippen LogP contribution >= 0.6 is 0 Å². The van der Waals surface area contributed by atoms with Crippen LogP contribution in [0.3, 0.4) is 0 Å². The molecule has 0 bridgehead atoms. The molecule has 0 spiro atoms. The van der Waals surface area contributed by atoms with Gasteiger partial charge < -0.3 is 0 Å². The van der Waals surface area contributed by atoms with Crippen molar-refractivity contribution in [3.63, 3.8) is 0 Å². The number of fused-ring (bicyclic) bond motifs is 1. The third-order valence-electron chi connectivity index (χ3n) is 4.52. The van der Waals surface area contributed by atoms with E-state index < -0.39 is 10.0 Å². The van der Waals surface area contributed by atoms with Crippen LogP contribution in [0.4, 0.5) is 5.69 Å². The number of pyridine rings is 1. The molecule has 0 unspecified atom stereocenters. The standard InChI is InChI=1S/C20H15N3O2S/c21-14-18-3-1-2-4-20(18)26(24,25)23-12-9-17-13-16(5-6-19(17)23)15-7-10-22-11-8-15/h1-8,10-11,13H,9,12H2. The third-order valence-corrected chi connectivity index (χ3v) is 6.39. The van der Waals surface area contributed by atoms with E-state index in [1.165, 1.54) is 16.4 Å². The van der Waals surface area contributed by atoms with E-state index in [-0.39, 0.29) is 10.5 Å². The smallest absolute Gasteiger partial charge is 0.265 e. The normalized spacial score (nSPS) is 13.3. The maximum Gasteiger partial charge on any atom is 0.265 e. The Balaban J connectivity index is 1.76. The number of rotatable bonds is 3. The van der Waals surface area contributed by atoms with Gasteiger partial charge in [0, 0.05) is 18.9 Å². The van der Waals surface area contributed by atoms with Crippen LogP contribution in [0.1, 0.15) is 11.1 Å². The molecule has 26 heavy (non-hydrogen) atoms. The van der Waals surface area contributed by atoms with E-state index in [4.69, 9.17) is 0 Å². The zero-order valence-corrected chi connectivity index (χ0v) is 14.6. The lowest BCUT2D eigenvalue weighted by molar-refractivity contribution is 0.592. The van der Waals surface area contributed by atoms with Gasteiger partial charge in [0.15, 0.2) is 0 Å². The molecule has 2 heterocycles. The van der Waals surface area contributed by atoms with Gasteiger partial charge in [-0.2, -0.15) is 5.26 Å². The highest BCUT2D eigenvalue weighted by atomic mass is 32.2. The Bertz CT molecular complexity index is 1120. The second-order valence-corrected chi connectivity index (χ2v) is 7.85. The minimum Gasteiger partial charge on any atom is -0.266 e. The Labute approximate surface area is 152 Å². The van der Waals surface area contributed by atoms with Crippen LogP contribution in [0, 0.1) is 11.3 Å². The van der Waals surface area contributed by atoms with E-state index in [0.29, 0.717) is 18.7 Å². The molecule has 0 fully saturated rings. The highest BCUT2D eigenvalue weighted by Gasteiger charge is 2.32. The minimum absolute atomic E-state index is 0.0496. The lowest BCUT2D eigenvalue weighted by atomic mass is 10.0. The number of nitriles is 1. The van der Waals surface area contributed by atoms with Crippen LogP contribution in [0.25, 0.3) is 11.1 Å². The van der Waals surface area contributed by atoms with Gasteiger partial charge in [-0.1, -0.05) is 18.2 Å². The molecule has 3 aromatic rings. The minimum atomic E-state index is -3.77. The van der Waals surface area contributed by atoms with Crippen molar-refractivity contribution in [2.24, 2.45) is 0 Å². The molecule has 0 aliphatic carbocycles. The molecule has 5 nitrogen and oxygen atoms in total. The molecule has 1 aromatic heterocycles. The van der Waals surface area contributed by atoms with E-state index in [2.05, 4.69) is 4.98 Å². The first-order valence-electron chi connectivity index (χ1n) is 8.16. The van der Waals surface area contributed by atoms with Gasteiger partial charge in [0.1, 0.15) is 11.0 Å². The first-order valence-corrected chi connectivity index (χ1v) is 9.60. The van der Waals surface area contributed by atoms with E-state index >= 15 is 0 Å². The Morgan fingerprint density at radius 1 is 1.00 bits per heavy atom. The second-order valence-electron chi connectivity index (χ2n) is 6.01. The number of aromatic nitrogens is 1. The van der Waals surface area contributed by atoms with Crippen molar-refractivity contribution in [3.05, 3.63) is 78.1 Å². The summed E-state index contributed by atoms with van der Waals surface area (Å²) in [4.78, 5) is 4.07. The van der Waals surface area contributed by atoms with Crippen molar-refractivity contribution in [1.82, 2.24) is 4.98 Å². The monoisotopic (exact) mass is 361 g/mol. The summed E-state index contributed by atoms with van der Waals surface area (Å²) >= 11 is 0. The zero-order chi connectivity index (χ0) is 18.1. The predicted molar refractivity (Wildman–Crippen MR) is 99.1 cm³/mol. The second kappa shape index (κ2) is 6.28. The Kier molecular flexibility index (Phi) is 3.94. The van der Waals surface area contributed by atoms with Gasteiger partial charge in [0.25, 0.3) is 10.0 Å². The highest BCUT2D eigenvalue weighted by Crippen LogP contribution is 2.36. The maximum atomic E-state index is 13.1. The molecule has 6 heteroatoms. The van der Waals surface area contributed by atoms with E-state index in [0.717, 1.165) is 16.7 Å². The summed E-state index contributed by atoms with van der Waals surface area (Å²) in [5.41, 5.74) is 3.89. The fourth-order valence-corrected chi connectivity index (χ4v) is 4.90. The summed E-state index contributed by atoms with van der Waals surface area (Å²) in [6.45, 7) is 0.372. The first kappa shape index (κ1) is 16.3. The van der Waals surface area contributed by atoms with Crippen molar-refractivity contribution in [3.8, 4) is 17.2 Å². The number of sulfonamides is 1. The number of benzene rings is 2. The van der Waals surface area contributed by atoms with Crippen molar-refractivity contribution in [2.45, 2.75) is 11.3 Å². The largest absolute Gasteiger partial charge is 0.266 e. The van der Waals surface area contributed by atoms with Crippen molar-refractivity contribution < 1.29 is 8.42 Å². The van der Waals surface area contributed by atoms with E-state index in [9.17, 15) is 13.7 Å². The maximum absolute atomic E-state index is 13.1. The number of hydrogen-bond donors (Lipinski definition) is 0. The summed E-state index contributed by atoms with van der Waals surface area (Å²) in [5.74, 6) is 0. The topological polar surface area (TPSA) is 74.1 Å². The summed E-state index contributed by atoms with van der Waals surface area (Å²) in [7, 11) is -3.77. The van der Waals surface area contributed by atoms with Gasteiger partial charge >= 0.3 is 0 Å². The molecular formula is C20H15N3O2S. The van der Waals surface area contributed by atoms with E-state index in [1.807, 2.05) is 36.4 Å². The highest BCUT2D eigenvalue weighted by molar-refractivity contribution is 7.93. The Hall–Kier alpha value is -3.17. The molecule has 0 radical (unpaired) electrons. The van der Waals surface area contributed by atoms with Gasteiger partial charge in [-0.25, -0.2) is 8.42 Å². The molecule has 2 aromatic carbocycles. The molecule has 1 aliphatic rings. The lowest BCUT2D eigenvalue weighted by Gasteiger charge is -2.20. The van der Waals surface area contributed by atoms with Crippen LogP contribution in [-0.4, -0.2) is 19.9 Å². The SMILES string of the molecule is N#Cc1ccccc1S(=O)(=O)N1CCc2cc(-c3ccncc3)ccc21. The number of nitrogens with zero attached hydrogens (tertiary/aromatic N) is 3. The van der Waals surface area contributed by atoms with Gasteiger partial charge in [0.05, 0.1) is 11.3 Å². The van der Waals surface area contributed by atoms with Crippen molar-refractivity contribution in [1.29, 1.82) is 5.26 Å². The molecule has 0 atom stereocenters. The summed E-state index contributed by atoms with van der Waals surface area (Å²) in [6, 6.07) is 17.9. The van der Waals surface area contributed by atoms with Crippen molar-refractivity contribution >= 4 is 15.7 Å². The van der Waals surface area contributed by atoms with Gasteiger partial charge in [0.2, 0.25) is 0 Å². The Morgan fingerprint density at radius 2 is 1.77 bits per heavy atom. The summed E-state index contributed by atoms with van der Waals surface area (Å²) in [5, 5.41) is 9.24. The van der Waals surface area contributed by atoms with Crippen LogP contribution < -0.4 is 4.31 Å². The van der Waals surface area contributed by atoms with Crippen LogP contribution in [-0.2, 0) is 16.4 Å². The molecule has 0 saturated carbocycles. The van der Waals surface area contributed by atoms with Crippen molar-refractivity contribution in [2.75, 3.05) is 10.8 Å². The van der Waals surface area contributed by atoms with Crippen LogP contribution in [0.15, 0.2) is 71.9 Å². The van der Waals surface area contributed by atoms with Gasteiger partial charge in [-0.15, -0.1) is 0 Å². The summed E-state index contributed by atoms with van der Waals surface area (Å²) in [6.07, 6.45) is 4.11. The molecular weight excluding hydrogens is 346 g/mol. The molecule has 0 saturated heterocycles. The van der Waals surface area contributed by atoms with Gasteiger partial charge in [-0.05, 0) is 59.5 Å². The molecule has 128 valence electrons. The lowest BCUT2D eigenvalue weighted by Crippen LogP contribution is -2.29. The van der Waals surface area contributed by atoms with E-state index in [1.54, 1.807) is 24.5 Å². The third kappa shape index (κ3) is 2.63. The summed E-state index contributed by atoms with van der Waals surface area (Å²) < 4.78 is 27.6. The van der Waals surface area contributed by atoms with Crippen LogP contribution in [0.2, 0.25) is 0 Å². The average Bonchev–Trinajstić information content (AvgIpc) is 3.12. The molecule has 4 rings (SSSR count).